The molecule has 0 aliphatic heterocycles. The molecule has 5 rings (SSSR count). The van der Waals surface area contributed by atoms with E-state index in [9.17, 15) is 15.0 Å². The van der Waals surface area contributed by atoms with Crippen LogP contribution in [0.5, 0.6) is 11.8 Å². The molecule has 3 atom stereocenters. The second-order valence-corrected chi connectivity index (χ2v) is 10.2. The van der Waals surface area contributed by atoms with Crippen molar-refractivity contribution in [2.45, 2.75) is 51.7 Å². The van der Waals surface area contributed by atoms with Gasteiger partial charge in [-0.2, -0.15) is 0 Å². The minimum atomic E-state index is -0.767. The van der Waals surface area contributed by atoms with Gasteiger partial charge in [0.25, 0.3) is 0 Å². The number of aryl methyl sites for hydroxylation is 1. The van der Waals surface area contributed by atoms with Gasteiger partial charge in [0, 0.05) is 41.9 Å². The number of aliphatic hydroxyl groups is 1. The van der Waals surface area contributed by atoms with Crippen LogP contribution in [0.1, 0.15) is 48.6 Å². The number of carbonyl (C=O) groups is 1. The van der Waals surface area contributed by atoms with Crippen LogP contribution in [0.2, 0.25) is 0 Å². The van der Waals surface area contributed by atoms with E-state index in [2.05, 4.69) is 16.0 Å². The molecule has 1 fully saturated rings. The van der Waals surface area contributed by atoms with Crippen LogP contribution in [-0.2, 0) is 17.8 Å². The van der Waals surface area contributed by atoms with E-state index in [1.807, 2.05) is 43.3 Å². The van der Waals surface area contributed by atoms with Gasteiger partial charge in [-0.05, 0) is 67.5 Å². The van der Waals surface area contributed by atoms with Crippen molar-refractivity contribution in [3.63, 3.8) is 0 Å². The van der Waals surface area contributed by atoms with Crippen molar-refractivity contribution in [3.05, 3.63) is 71.0 Å². The van der Waals surface area contributed by atoms with Crippen LogP contribution in [0.15, 0.2) is 48.7 Å². The largest absolute Gasteiger partial charge is 0.481 e. The molecule has 2 aromatic heterocycles. The molecule has 7 nitrogen and oxygen atoms in total. The molecule has 1 saturated carbocycles. The maximum Gasteiger partial charge on any atom is 0.307 e. The zero-order valence-corrected chi connectivity index (χ0v) is 20.2. The van der Waals surface area contributed by atoms with Gasteiger partial charge in [0.15, 0.2) is 0 Å². The monoisotopic (exact) mass is 474 g/mol. The van der Waals surface area contributed by atoms with Crippen LogP contribution in [0.3, 0.4) is 0 Å². The SMILES string of the molecule is Cc1nc(OCCC(C)(C)O)ccc1-c1cccc(COc2cc3c(cn2)[C@H]2[C@@H](C3)[C@@H]2C(=O)O)c1. The number of ether oxygens (including phenoxy) is 2. The van der Waals surface area contributed by atoms with Crippen molar-refractivity contribution in [1.82, 2.24) is 9.97 Å². The fourth-order valence-electron chi connectivity index (χ4n) is 5.00. The van der Waals surface area contributed by atoms with Gasteiger partial charge in [0.05, 0.1) is 18.1 Å². The number of pyridine rings is 2. The van der Waals surface area contributed by atoms with E-state index in [0.717, 1.165) is 39.9 Å². The average Bonchev–Trinajstić information content (AvgIpc) is 3.40. The van der Waals surface area contributed by atoms with Gasteiger partial charge < -0.3 is 19.7 Å². The third-order valence-corrected chi connectivity index (χ3v) is 6.92. The lowest BCUT2D eigenvalue weighted by atomic mass is 10.0. The summed E-state index contributed by atoms with van der Waals surface area (Å²) in [6, 6.07) is 13.9. The molecule has 0 spiro atoms. The Morgan fingerprint density at radius 2 is 1.97 bits per heavy atom. The molecule has 0 amide bonds. The van der Waals surface area contributed by atoms with Gasteiger partial charge in [-0.1, -0.05) is 18.2 Å². The van der Waals surface area contributed by atoms with Crippen molar-refractivity contribution < 1.29 is 24.5 Å². The number of aromatic nitrogens is 2. The van der Waals surface area contributed by atoms with Crippen LogP contribution >= 0.6 is 0 Å². The molecule has 1 aromatic carbocycles. The summed E-state index contributed by atoms with van der Waals surface area (Å²) in [6.45, 7) is 6.26. The summed E-state index contributed by atoms with van der Waals surface area (Å²) in [6.07, 6.45) is 3.10. The first kappa shape index (κ1) is 23.3. The number of nitrogens with zero attached hydrogens (tertiary/aromatic N) is 2. The Bertz CT molecular complexity index is 1270. The highest BCUT2D eigenvalue weighted by atomic mass is 16.5. The Morgan fingerprint density at radius 1 is 1.14 bits per heavy atom. The molecule has 2 aliphatic carbocycles. The van der Waals surface area contributed by atoms with Crippen molar-refractivity contribution in [3.8, 4) is 22.9 Å². The highest BCUT2D eigenvalue weighted by Crippen LogP contribution is 2.61. The first-order valence-corrected chi connectivity index (χ1v) is 12.0. The lowest BCUT2D eigenvalue weighted by Crippen LogP contribution is -2.22. The predicted octanol–water partition coefficient (Wildman–Crippen LogP) is 4.54. The Morgan fingerprint density at radius 3 is 2.71 bits per heavy atom. The van der Waals surface area contributed by atoms with E-state index in [-0.39, 0.29) is 17.8 Å². The number of fused-ring (bicyclic) bond motifs is 3. The summed E-state index contributed by atoms with van der Waals surface area (Å²) < 4.78 is 11.7. The maximum absolute atomic E-state index is 11.3. The summed E-state index contributed by atoms with van der Waals surface area (Å²) in [4.78, 5) is 20.3. The van der Waals surface area contributed by atoms with Gasteiger partial charge >= 0.3 is 5.97 Å². The van der Waals surface area contributed by atoms with Gasteiger partial charge in [0.1, 0.15) is 6.61 Å². The molecule has 0 saturated heterocycles. The second kappa shape index (κ2) is 8.96. The fraction of sp³-hybridized carbons (Fsp3) is 0.393. The third kappa shape index (κ3) is 5.00. The van der Waals surface area contributed by atoms with E-state index in [4.69, 9.17) is 9.47 Å². The molecule has 182 valence electrons. The van der Waals surface area contributed by atoms with Crippen molar-refractivity contribution in [1.29, 1.82) is 0 Å². The second-order valence-electron chi connectivity index (χ2n) is 10.2. The molecule has 35 heavy (non-hydrogen) atoms. The molecule has 2 aliphatic rings. The number of carboxylic acids is 1. The molecule has 2 N–H and O–H groups in total. The molecule has 2 heterocycles. The minimum Gasteiger partial charge on any atom is -0.481 e. The zero-order chi connectivity index (χ0) is 24.7. The molecule has 0 bridgehead atoms. The number of rotatable bonds is 9. The van der Waals surface area contributed by atoms with Gasteiger partial charge in [-0.3, -0.25) is 4.79 Å². The Labute approximate surface area is 204 Å². The minimum absolute atomic E-state index is 0.121. The highest BCUT2D eigenvalue weighted by Gasteiger charge is 2.59. The zero-order valence-electron chi connectivity index (χ0n) is 20.2. The smallest absolute Gasteiger partial charge is 0.307 e. The quantitative estimate of drug-likeness (QED) is 0.469. The molecule has 3 aromatic rings. The van der Waals surface area contributed by atoms with Gasteiger partial charge in [0.2, 0.25) is 11.8 Å². The Kier molecular flexibility index (Phi) is 5.97. The third-order valence-electron chi connectivity index (χ3n) is 6.92. The van der Waals surface area contributed by atoms with Crippen LogP contribution in [-0.4, -0.2) is 38.4 Å². The number of carboxylic acid groups (broad SMARTS) is 1. The predicted molar refractivity (Wildman–Crippen MR) is 130 cm³/mol. The normalized spacial score (nSPS) is 20.2. The van der Waals surface area contributed by atoms with Crippen molar-refractivity contribution in [2.75, 3.05) is 6.61 Å². The van der Waals surface area contributed by atoms with Gasteiger partial charge in [-0.25, -0.2) is 9.97 Å². The van der Waals surface area contributed by atoms with Crippen molar-refractivity contribution >= 4 is 5.97 Å². The van der Waals surface area contributed by atoms with E-state index in [1.54, 1.807) is 20.0 Å². The Balaban J connectivity index is 1.22. The molecule has 7 heteroatoms. The van der Waals surface area contributed by atoms with E-state index in [1.165, 1.54) is 0 Å². The van der Waals surface area contributed by atoms with E-state index >= 15 is 0 Å². The number of hydrogen-bond acceptors (Lipinski definition) is 6. The summed E-state index contributed by atoms with van der Waals surface area (Å²) in [7, 11) is 0. The van der Waals surface area contributed by atoms with Crippen LogP contribution in [0.25, 0.3) is 11.1 Å². The summed E-state index contributed by atoms with van der Waals surface area (Å²) in [5.74, 6) is 0.495. The van der Waals surface area contributed by atoms with Crippen LogP contribution < -0.4 is 9.47 Å². The fourth-order valence-corrected chi connectivity index (χ4v) is 5.00. The lowest BCUT2D eigenvalue weighted by Gasteiger charge is -2.17. The average molecular weight is 475 g/mol. The topological polar surface area (TPSA) is 102 Å². The standard InChI is InChI=1S/C28H30N2O5/c1-16-20(7-8-23(30-16)34-10-9-28(2,3)33)18-6-4-5-17(11-18)15-35-24-13-19-12-21-25(22(19)14-29-24)26(21)27(31)32/h4-8,11,13-14,21,25-26,33H,9-10,12,15H2,1-3H3,(H,31,32)/t21-,25-,26+/m1/s1. The Hall–Kier alpha value is -3.45. The first-order chi connectivity index (χ1) is 16.7. The molecular formula is C28H30N2O5. The molecule has 0 radical (unpaired) electrons. The number of hydrogen-bond donors (Lipinski definition) is 2. The number of benzene rings is 1. The van der Waals surface area contributed by atoms with Crippen LogP contribution in [0, 0.1) is 18.8 Å². The maximum atomic E-state index is 11.3. The van der Waals surface area contributed by atoms with Crippen molar-refractivity contribution in [2.24, 2.45) is 11.8 Å². The molecular weight excluding hydrogens is 444 g/mol. The highest BCUT2D eigenvalue weighted by molar-refractivity contribution is 5.77. The summed E-state index contributed by atoms with van der Waals surface area (Å²) >= 11 is 0. The first-order valence-electron chi connectivity index (χ1n) is 12.0. The van der Waals surface area contributed by atoms with E-state index < -0.39 is 11.6 Å². The molecule has 0 unspecified atom stereocenters. The summed E-state index contributed by atoms with van der Waals surface area (Å²) in [5, 5.41) is 19.1. The lowest BCUT2D eigenvalue weighted by molar-refractivity contribution is -0.139. The summed E-state index contributed by atoms with van der Waals surface area (Å²) in [5.41, 5.74) is 5.39. The van der Waals surface area contributed by atoms with Crippen LogP contribution in [0.4, 0.5) is 0 Å². The number of aliphatic carboxylic acids is 1. The van der Waals surface area contributed by atoms with E-state index in [0.29, 0.717) is 31.4 Å². The van der Waals surface area contributed by atoms with Gasteiger partial charge in [-0.15, -0.1) is 0 Å².